The molecule has 0 bridgehead atoms. The van der Waals surface area contributed by atoms with E-state index in [0.29, 0.717) is 17.5 Å². The number of rotatable bonds is 5. The predicted octanol–water partition coefficient (Wildman–Crippen LogP) is 13.1. The van der Waals surface area contributed by atoms with Gasteiger partial charge in [-0.1, -0.05) is 158 Å². The molecule has 8 aromatic carbocycles. The minimum absolute atomic E-state index is 0.642. The fourth-order valence-corrected chi connectivity index (χ4v) is 8.03. The standard InChI is InChI=1S/C51H33N5/c1-3-13-36(14-4-1)49-52-50(37-15-5-2-6-16-37)54-51(53-49)38-25-23-34(24-26-38)35-27-29-42(30-28-35)55-46-22-12-10-20-43(46)44-31-39-17-7-8-18-40(39)32-47(44)56-45-21-11-9-19-41(45)33-48(55)56/h1-33H. The number of para-hydroxylation sites is 2. The van der Waals surface area contributed by atoms with E-state index >= 15 is 0 Å². The summed E-state index contributed by atoms with van der Waals surface area (Å²) in [5, 5.41) is 3.65. The van der Waals surface area contributed by atoms with Gasteiger partial charge in [0, 0.05) is 38.9 Å². The number of benzene rings is 8. The Labute approximate surface area is 324 Å². The molecule has 0 saturated heterocycles. The average molecular weight is 716 g/mol. The Bertz CT molecular complexity index is 3000. The predicted molar refractivity (Wildman–Crippen MR) is 230 cm³/mol. The van der Waals surface area contributed by atoms with Crippen molar-refractivity contribution >= 4 is 38.9 Å². The highest BCUT2D eigenvalue weighted by Crippen LogP contribution is 2.49. The van der Waals surface area contributed by atoms with Gasteiger partial charge in [0.05, 0.1) is 16.9 Å². The van der Waals surface area contributed by atoms with Crippen LogP contribution in [0, 0.1) is 0 Å². The second kappa shape index (κ2) is 13.0. The van der Waals surface area contributed by atoms with Gasteiger partial charge in [0.15, 0.2) is 17.5 Å². The first-order valence-electron chi connectivity index (χ1n) is 18.9. The molecule has 1 aliphatic heterocycles. The lowest BCUT2D eigenvalue weighted by molar-refractivity contribution is 1.07. The molecule has 0 unspecified atom stereocenters. The van der Waals surface area contributed by atoms with E-state index in [1.165, 1.54) is 38.5 Å². The zero-order chi connectivity index (χ0) is 37.0. The lowest BCUT2D eigenvalue weighted by atomic mass is 9.97. The van der Waals surface area contributed by atoms with Gasteiger partial charge in [0.25, 0.3) is 0 Å². The van der Waals surface area contributed by atoms with Crippen LogP contribution >= 0.6 is 0 Å². The van der Waals surface area contributed by atoms with Crippen molar-refractivity contribution in [1.29, 1.82) is 0 Å². The monoisotopic (exact) mass is 715 g/mol. The van der Waals surface area contributed by atoms with Crippen molar-refractivity contribution in [3.63, 3.8) is 0 Å². The Hall–Kier alpha value is -7.63. The quantitative estimate of drug-likeness (QED) is 0.178. The molecule has 5 heteroatoms. The molecule has 262 valence electrons. The number of nitrogens with zero attached hydrogens (tertiary/aromatic N) is 5. The zero-order valence-electron chi connectivity index (χ0n) is 30.3. The van der Waals surface area contributed by atoms with E-state index in [1.54, 1.807) is 0 Å². The van der Waals surface area contributed by atoms with Crippen LogP contribution in [0.1, 0.15) is 0 Å². The maximum absolute atomic E-state index is 4.93. The molecule has 0 saturated carbocycles. The SMILES string of the molecule is c1ccc(-c2nc(-c3ccccc3)nc(-c3ccc(-c4ccc(N5c6ccccc6-c6cc7ccccc7cc6-n6c5cc5ccccc56)cc4)cc3)n2)cc1. The Morgan fingerprint density at radius 3 is 1.45 bits per heavy atom. The van der Waals surface area contributed by atoms with Crippen LogP contribution in [0.5, 0.6) is 0 Å². The van der Waals surface area contributed by atoms with Crippen molar-refractivity contribution in [3.8, 4) is 62.1 Å². The smallest absolute Gasteiger partial charge is 0.164 e. The molecule has 0 spiro atoms. The number of hydrogen-bond donors (Lipinski definition) is 0. The van der Waals surface area contributed by atoms with E-state index in [0.717, 1.165) is 45.0 Å². The third-order valence-electron chi connectivity index (χ3n) is 10.8. The molecule has 3 heterocycles. The number of fused-ring (bicyclic) bond motifs is 8. The summed E-state index contributed by atoms with van der Waals surface area (Å²) in [6.45, 7) is 0. The molecule has 1 aliphatic rings. The second-order valence-electron chi connectivity index (χ2n) is 14.1. The van der Waals surface area contributed by atoms with Gasteiger partial charge in [-0.15, -0.1) is 0 Å². The Morgan fingerprint density at radius 1 is 0.321 bits per heavy atom. The van der Waals surface area contributed by atoms with Crippen molar-refractivity contribution in [3.05, 3.63) is 200 Å². The van der Waals surface area contributed by atoms with Crippen LogP contribution in [0.15, 0.2) is 200 Å². The molecule has 0 amide bonds. The molecule has 0 atom stereocenters. The van der Waals surface area contributed by atoms with Crippen LogP contribution in [-0.2, 0) is 0 Å². The van der Waals surface area contributed by atoms with Gasteiger partial charge < -0.3 is 0 Å². The van der Waals surface area contributed by atoms with Gasteiger partial charge in [0.1, 0.15) is 5.82 Å². The first-order chi connectivity index (χ1) is 27.7. The molecule has 10 aromatic rings. The van der Waals surface area contributed by atoms with Gasteiger partial charge in [-0.3, -0.25) is 9.47 Å². The van der Waals surface area contributed by atoms with E-state index < -0.39 is 0 Å². The van der Waals surface area contributed by atoms with E-state index in [-0.39, 0.29) is 0 Å². The van der Waals surface area contributed by atoms with Crippen molar-refractivity contribution in [1.82, 2.24) is 19.5 Å². The maximum atomic E-state index is 4.93. The molecule has 56 heavy (non-hydrogen) atoms. The minimum Gasteiger partial charge on any atom is -0.295 e. The summed E-state index contributed by atoms with van der Waals surface area (Å²) in [5.41, 5.74) is 12.1. The maximum Gasteiger partial charge on any atom is 0.164 e. The molecule has 5 nitrogen and oxygen atoms in total. The Kier molecular flexibility index (Phi) is 7.42. The number of hydrogen-bond acceptors (Lipinski definition) is 4. The first kappa shape index (κ1) is 31.9. The van der Waals surface area contributed by atoms with Gasteiger partial charge >= 0.3 is 0 Å². The first-order valence-corrected chi connectivity index (χ1v) is 18.9. The van der Waals surface area contributed by atoms with E-state index in [4.69, 9.17) is 15.0 Å². The highest BCUT2D eigenvalue weighted by atomic mass is 15.3. The van der Waals surface area contributed by atoms with Crippen LogP contribution < -0.4 is 4.90 Å². The summed E-state index contributed by atoms with van der Waals surface area (Å²) < 4.78 is 2.43. The largest absolute Gasteiger partial charge is 0.295 e. The highest BCUT2D eigenvalue weighted by molar-refractivity contribution is 6.02. The third-order valence-corrected chi connectivity index (χ3v) is 10.8. The molecular weight excluding hydrogens is 683 g/mol. The van der Waals surface area contributed by atoms with Gasteiger partial charge in [-0.05, 0) is 64.4 Å². The lowest BCUT2D eigenvalue weighted by Crippen LogP contribution is -2.12. The fraction of sp³-hybridized carbons (Fsp3) is 0. The summed E-state index contributed by atoms with van der Waals surface area (Å²) in [5.74, 6) is 3.05. The molecular formula is C51H33N5. The van der Waals surface area contributed by atoms with E-state index in [1.807, 2.05) is 60.7 Å². The zero-order valence-corrected chi connectivity index (χ0v) is 30.3. The average Bonchev–Trinajstić information content (AvgIpc) is 3.61. The number of aromatic nitrogens is 4. The Morgan fingerprint density at radius 2 is 0.804 bits per heavy atom. The van der Waals surface area contributed by atoms with Crippen molar-refractivity contribution in [2.45, 2.75) is 0 Å². The minimum atomic E-state index is 0.642. The lowest BCUT2D eigenvalue weighted by Gasteiger charge is -2.26. The normalized spacial score (nSPS) is 11.9. The number of anilines is 3. The molecule has 0 N–H and O–H groups in total. The third kappa shape index (κ3) is 5.37. The summed E-state index contributed by atoms with van der Waals surface area (Å²) >= 11 is 0. The van der Waals surface area contributed by atoms with Crippen LogP contribution in [0.4, 0.5) is 17.2 Å². The van der Waals surface area contributed by atoms with Gasteiger partial charge in [-0.2, -0.15) is 0 Å². The van der Waals surface area contributed by atoms with Crippen molar-refractivity contribution in [2.24, 2.45) is 0 Å². The van der Waals surface area contributed by atoms with E-state index in [2.05, 4.69) is 149 Å². The molecule has 0 aliphatic carbocycles. The fourth-order valence-electron chi connectivity index (χ4n) is 8.03. The van der Waals surface area contributed by atoms with Crippen LogP contribution in [-0.4, -0.2) is 19.5 Å². The molecule has 0 radical (unpaired) electrons. The van der Waals surface area contributed by atoms with Crippen LogP contribution in [0.25, 0.3) is 83.8 Å². The topological polar surface area (TPSA) is 46.8 Å². The summed E-state index contributed by atoms with van der Waals surface area (Å²) in [6.07, 6.45) is 0. The van der Waals surface area contributed by atoms with Crippen molar-refractivity contribution in [2.75, 3.05) is 4.90 Å². The summed E-state index contributed by atoms with van der Waals surface area (Å²) in [4.78, 5) is 17.1. The summed E-state index contributed by atoms with van der Waals surface area (Å²) in [7, 11) is 0. The van der Waals surface area contributed by atoms with Crippen LogP contribution in [0.2, 0.25) is 0 Å². The van der Waals surface area contributed by atoms with E-state index in [9.17, 15) is 0 Å². The van der Waals surface area contributed by atoms with Crippen LogP contribution in [0.3, 0.4) is 0 Å². The second-order valence-corrected chi connectivity index (χ2v) is 14.1. The Balaban J connectivity index is 0.990. The highest BCUT2D eigenvalue weighted by Gasteiger charge is 2.28. The molecule has 0 fully saturated rings. The van der Waals surface area contributed by atoms with Gasteiger partial charge in [0.2, 0.25) is 0 Å². The summed E-state index contributed by atoms with van der Waals surface area (Å²) in [6, 6.07) is 70.7. The van der Waals surface area contributed by atoms with Crippen molar-refractivity contribution < 1.29 is 0 Å². The molecule has 2 aromatic heterocycles. The molecule has 11 rings (SSSR count). The van der Waals surface area contributed by atoms with Gasteiger partial charge in [-0.25, -0.2) is 15.0 Å².